The average molecular weight is 277 g/mol. The van der Waals surface area contributed by atoms with Crippen LogP contribution in [0.4, 0.5) is 0 Å². The summed E-state index contributed by atoms with van der Waals surface area (Å²) in [6, 6.07) is 5.35. The number of ether oxygens (including phenoxy) is 3. The highest BCUT2D eigenvalue weighted by Crippen LogP contribution is 2.32. The molecular weight excluding hydrogens is 258 g/mol. The minimum Gasteiger partial charge on any atom is -0.493 e. The maximum atomic E-state index is 12.0. The highest BCUT2D eigenvalue weighted by Gasteiger charge is 2.20. The van der Waals surface area contributed by atoms with Gasteiger partial charge in [0, 0.05) is 11.5 Å². The summed E-state index contributed by atoms with van der Waals surface area (Å²) in [4.78, 5) is 15.1. The zero-order chi connectivity index (χ0) is 14.9. The number of carbonyl (C=O) groups is 1. The Morgan fingerprint density at radius 1 is 1.05 bits per heavy atom. The third kappa shape index (κ3) is 2.87. The number of hydrogen-bond acceptors (Lipinski definition) is 4. The van der Waals surface area contributed by atoms with Crippen molar-refractivity contribution in [3.05, 3.63) is 23.9 Å². The summed E-state index contributed by atoms with van der Waals surface area (Å²) >= 11 is 0. The maximum absolute atomic E-state index is 12.0. The van der Waals surface area contributed by atoms with E-state index in [2.05, 4.69) is 4.98 Å². The van der Waals surface area contributed by atoms with Gasteiger partial charge in [-0.1, -0.05) is 0 Å². The first-order valence-electron chi connectivity index (χ1n) is 6.32. The van der Waals surface area contributed by atoms with Crippen LogP contribution in [0.5, 0.6) is 11.5 Å². The summed E-state index contributed by atoms with van der Waals surface area (Å²) in [5.41, 5.74) is 0.678. The molecule has 0 aliphatic rings. The number of H-pyrrole nitrogens is 1. The standard InChI is InChI=1S/C15H19NO4/c1-15(2,3)20-14(17)11-6-9-7-12(18-4)13(19-5)8-10(9)16-11/h6-8,16H,1-5H3. The van der Waals surface area contributed by atoms with Gasteiger partial charge >= 0.3 is 5.97 Å². The summed E-state index contributed by atoms with van der Waals surface area (Å²) in [6.07, 6.45) is 0. The molecule has 108 valence electrons. The minimum absolute atomic E-state index is 0.383. The molecule has 0 fully saturated rings. The molecule has 0 atom stereocenters. The Kier molecular flexibility index (Phi) is 3.61. The third-order valence-electron chi connectivity index (χ3n) is 2.74. The van der Waals surface area contributed by atoms with Crippen LogP contribution in [0.25, 0.3) is 10.9 Å². The number of benzene rings is 1. The van der Waals surface area contributed by atoms with Crippen molar-refractivity contribution in [1.82, 2.24) is 4.98 Å². The zero-order valence-corrected chi connectivity index (χ0v) is 12.4. The van der Waals surface area contributed by atoms with Crippen LogP contribution in [0, 0.1) is 0 Å². The van der Waals surface area contributed by atoms with E-state index in [4.69, 9.17) is 14.2 Å². The first-order valence-corrected chi connectivity index (χ1v) is 6.32. The molecule has 1 heterocycles. The van der Waals surface area contributed by atoms with E-state index in [0.29, 0.717) is 17.2 Å². The van der Waals surface area contributed by atoms with E-state index in [-0.39, 0.29) is 5.97 Å². The van der Waals surface area contributed by atoms with Crippen LogP contribution in [-0.4, -0.2) is 30.8 Å². The lowest BCUT2D eigenvalue weighted by molar-refractivity contribution is 0.00639. The van der Waals surface area contributed by atoms with Crippen molar-refractivity contribution in [3.8, 4) is 11.5 Å². The van der Waals surface area contributed by atoms with E-state index in [1.165, 1.54) is 0 Å². The SMILES string of the molecule is COc1cc2cc(C(=O)OC(C)(C)C)[nH]c2cc1OC. The van der Waals surface area contributed by atoms with Gasteiger partial charge in [0.05, 0.1) is 19.7 Å². The largest absolute Gasteiger partial charge is 0.493 e. The molecule has 0 aliphatic heterocycles. The van der Waals surface area contributed by atoms with Gasteiger partial charge in [0.15, 0.2) is 11.5 Å². The molecule has 20 heavy (non-hydrogen) atoms. The fourth-order valence-corrected chi connectivity index (χ4v) is 1.90. The number of nitrogens with one attached hydrogen (secondary N) is 1. The van der Waals surface area contributed by atoms with Crippen LogP contribution >= 0.6 is 0 Å². The fraction of sp³-hybridized carbons (Fsp3) is 0.400. The zero-order valence-electron chi connectivity index (χ0n) is 12.4. The Labute approximate surface area is 117 Å². The summed E-state index contributed by atoms with van der Waals surface area (Å²) in [5, 5.41) is 0.864. The van der Waals surface area contributed by atoms with E-state index in [1.54, 1.807) is 26.4 Å². The molecule has 2 rings (SSSR count). The Morgan fingerprint density at radius 3 is 2.20 bits per heavy atom. The Bertz CT molecular complexity index is 596. The molecule has 1 aromatic heterocycles. The molecule has 5 nitrogen and oxygen atoms in total. The van der Waals surface area contributed by atoms with Crippen LogP contribution in [0.3, 0.4) is 0 Å². The predicted molar refractivity (Wildman–Crippen MR) is 76.6 cm³/mol. The number of aromatic nitrogens is 1. The first kappa shape index (κ1) is 14.2. The number of hydrogen-bond donors (Lipinski definition) is 1. The van der Waals surface area contributed by atoms with Gasteiger partial charge in [-0.25, -0.2) is 4.79 Å². The van der Waals surface area contributed by atoms with Crippen LogP contribution in [0.1, 0.15) is 31.3 Å². The molecule has 1 N–H and O–H groups in total. The quantitative estimate of drug-likeness (QED) is 0.875. The molecule has 0 unspecified atom stereocenters. The second kappa shape index (κ2) is 5.07. The van der Waals surface area contributed by atoms with Crippen molar-refractivity contribution < 1.29 is 19.0 Å². The van der Waals surface area contributed by atoms with E-state index in [9.17, 15) is 4.79 Å². The molecule has 0 bridgehead atoms. The van der Waals surface area contributed by atoms with Gasteiger partial charge < -0.3 is 19.2 Å². The number of aromatic amines is 1. The molecule has 2 aromatic rings. The number of carbonyl (C=O) groups excluding carboxylic acids is 1. The lowest BCUT2D eigenvalue weighted by Gasteiger charge is -2.18. The fourth-order valence-electron chi connectivity index (χ4n) is 1.90. The number of methoxy groups -OCH3 is 2. The Hall–Kier alpha value is -2.17. The molecule has 1 aromatic carbocycles. The second-order valence-electron chi connectivity index (χ2n) is 5.48. The van der Waals surface area contributed by atoms with Crippen molar-refractivity contribution in [2.45, 2.75) is 26.4 Å². The van der Waals surface area contributed by atoms with Crippen molar-refractivity contribution >= 4 is 16.9 Å². The van der Waals surface area contributed by atoms with Gasteiger partial charge in [0.2, 0.25) is 0 Å². The molecule has 0 saturated heterocycles. The third-order valence-corrected chi connectivity index (χ3v) is 2.74. The average Bonchev–Trinajstić information content (AvgIpc) is 2.77. The van der Waals surface area contributed by atoms with Crippen LogP contribution < -0.4 is 9.47 Å². The normalized spacial score (nSPS) is 11.4. The first-order chi connectivity index (χ1) is 9.34. The lowest BCUT2D eigenvalue weighted by atomic mass is 10.2. The molecule has 0 aliphatic carbocycles. The maximum Gasteiger partial charge on any atom is 0.355 e. The molecule has 0 spiro atoms. The smallest absolute Gasteiger partial charge is 0.355 e. The van der Waals surface area contributed by atoms with E-state index in [1.807, 2.05) is 26.8 Å². The lowest BCUT2D eigenvalue weighted by Crippen LogP contribution is -2.24. The second-order valence-corrected chi connectivity index (χ2v) is 5.48. The summed E-state index contributed by atoms with van der Waals surface area (Å²) in [7, 11) is 3.15. The molecule has 5 heteroatoms. The van der Waals surface area contributed by atoms with Crippen LogP contribution in [0.15, 0.2) is 18.2 Å². The van der Waals surface area contributed by atoms with E-state index in [0.717, 1.165) is 10.9 Å². The van der Waals surface area contributed by atoms with E-state index < -0.39 is 5.60 Å². The van der Waals surface area contributed by atoms with Crippen molar-refractivity contribution in [3.63, 3.8) is 0 Å². The highest BCUT2D eigenvalue weighted by molar-refractivity contribution is 5.96. The van der Waals surface area contributed by atoms with Gasteiger partial charge in [0.1, 0.15) is 11.3 Å². The summed E-state index contributed by atoms with van der Waals surface area (Å²) in [5.74, 6) is 0.846. The van der Waals surface area contributed by atoms with E-state index >= 15 is 0 Å². The van der Waals surface area contributed by atoms with Crippen molar-refractivity contribution in [1.29, 1.82) is 0 Å². The van der Waals surface area contributed by atoms with Crippen LogP contribution in [0.2, 0.25) is 0 Å². The number of rotatable bonds is 3. The van der Waals surface area contributed by atoms with Crippen molar-refractivity contribution in [2.75, 3.05) is 14.2 Å². The van der Waals surface area contributed by atoms with Crippen LogP contribution in [-0.2, 0) is 4.74 Å². The molecule has 0 radical (unpaired) electrons. The summed E-state index contributed by atoms with van der Waals surface area (Å²) in [6.45, 7) is 5.50. The monoisotopic (exact) mass is 277 g/mol. The minimum atomic E-state index is -0.524. The summed E-state index contributed by atoms with van der Waals surface area (Å²) < 4.78 is 15.8. The number of fused-ring (bicyclic) bond motifs is 1. The Morgan fingerprint density at radius 2 is 1.65 bits per heavy atom. The highest BCUT2D eigenvalue weighted by atomic mass is 16.6. The van der Waals surface area contributed by atoms with Gasteiger partial charge in [0.25, 0.3) is 0 Å². The molecular formula is C15H19NO4. The predicted octanol–water partition coefficient (Wildman–Crippen LogP) is 3.14. The van der Waals surface area contributed by atoms with Gasteiger partial charge in [-0.2, -0.15) is 0 Å². The van der Waals surface area contributed by atoms with Gasteiger partial charge in [-0.3, -0.25) is 0 Å². The van der Waals surface area contributed by atoms with Crippen molar-refractivity contribution in [2.24, 2.45) is 0 Å². The van der Waals surface area contributed by atoms with Gasteiger partial charge in [-0.05, 0) is 32.9 Å². The Balaban J connectivity index is 2.41. The molecule has 0 saturated carbocycles. The topological polar surface area (TPSA) is 60.5 Å². The molecule has 0 amide bonds. The number of esters is 1. The van der Waals surface area contributed by atoms with Gasteiger partial charge in [-0.15, -0.1) is 0 Å².